The van der Waals surface area contributed by atoms with Gasteiger partial charge < -0.3 is 15.2 Å². The number of amidine groups is 1. The molecule has 1 unspecified atom stereocenters. The molecular weight excluding hydrogens is 298 g/mol. The number of carboxylic acid groups (broad SMARTS) is 1. The molecule has 1 atom stereocenters. The number of hydrogen-bond acceptors (Lipinski definition) is 5. The lowest BCUT2D eigenvalue weighted by atomic mass is 9.89. The van der Waals surface area contributed by atoms with Gasteiger partial charge in [0.2, 0.25) is 0 Å². The molecule has 2 N–H and O–H groups in total. The molecule has 0 aliphatic carbocycles. The third kappa shape index (κ3) is 3.18. The van der Waals surface area contributed by atoms with Gasteiger partial charge >= 0.3 is 5.97 Å². The van der Waals surface area contributed by atoms with Crippen molar-refractivity contribution in [2.24, 2.45) is 10.9 Å². The fraction of sp³-hybridized carbons (Fsp3) is 0.500. The number of hydrogen-bond donors (Lipinski definition) is 2. The molecule has 1 aliphatic heterocycles. The van der Waals surface area contributed by atoms with Gasteiger partial charge in [0.25, 0.3) is 5.91 Å². The summed E-state index contributed by atoms with van der Waals surface area (Å²) >= 11 is 0. The predicted molar refractivity (Wildman–Crippen MR) is 84.9 cm³/mol. The van der Waals surface area contributed by atoms with Crippen LogP contribution >= 0.6 is 0 Å². The fourth-order valence-electron chi connectivity index (χ4n) is 2.18. The number of nitrogens with one attached hydrogen (secondary N) is 1. The molecule has 0 bridgehead atoms. The third-order valence-electron chi connectivity index (χ3n) is 3.85. The van der Waals surface area contributed by atoms with Crippen LogP contribution in [0.3, 0.4) is 0 Å². The van der Waals surface area contributed by atoms with Crippen LogP contribution in [0.25, 0.3) is 0 Å². The smallest absolute Gasteiger partial charge is 0.338 e. The van der Waals surface area contributed by atoms with Crippen molar-refractivity contribution in [1.29, 1.82) is 0 Å². The van der Waals surface area contributed by atoms with E-state index in [4.69, 9.17) is 4.74 Å². The van der Waals surface area contributed by atoms with E-state index < -0.39 is 11.5 Å². The Morgan fingerprint density at radius 2 is 2.00 bits per heavy atom. The van der Waals surface area contributed by atoms with Crippen LogP contribution < -0.4 is 10.1 Å². The summed E-state index contributed by atoms with van der Waals surface area (Å²) in [6.45, 7) is 9.17. The van der Waals surface area contributed by atoms with Crippen molar-refractivity contribution < 1.29 is 19.4 Å². The van der Waals surface area contributed by atoms with Gasteiger partial charge in [-0.2, -0.15) is 0 Å². The van der Waals surface area contributed by atoms with Gasteiger partial charge in [-0.05, 0) is 32.8 Å². The number of nitrogens with zero attached hydrogens (tertiary/aromatic N) is 2. The molecule has 124 valence electrons. The Kier molecular flexibility index (Phi) is 4.40. The van der Waals surface area contributed by atoms with E-state index in [0.717, 1.165) is 0 Å². The van der Waals surface area contributed by atoms with Gasteiger partial charge in [-0.15, -0.1) is 0 Å². The molecule has 0 saturated carbocycles. The van der Waals surface area contributed by atoms with Crippen molar-refractivity contribution in [3.63, 3.8) is 0 Å². The minimum Gasteiger partial charge on any atom is -0.489 e. The van der Waals surface area contributed by atoms with Gasteiger partial charge in [0.05, 0.1) is 17.9 Å². The Bertz CT molecular complexity index is 682. The second-order valence-corrected chi connectivity index (χ2v) is 6.26. The first-order valence-corrected chi connectivity index (χ1v) is 7.46. The maximum atomic E-state index is 12.2. The molecule has 2 rings (SSSR count). The Balaban J connectivity index is 2.48. The van der Waals surface area contributed by atoms with Gasteiger partial charge in [0.1, 0.15) is 17.0 Å². The Morgan fingerprint density at radius 3 is 2.48 bits per heavy atom. The van der Waals surface area contributed by atoms with Crippen molar-refractivity contribution in [3.8, 4) is 5.75 Å². The standard InChI is InChI=1S/C16H21N3O4/c1-8(2)16(5)15(22)18-13(19-16)12-11(14(20)21)6-10(7-17-12)23-9(3)4/h6-9H,1-5H3,(H,20,21)(H,18,19,22). The van der Waals surface area contributed by atoms with Gasteiger partial charge in [-0.1, -0.05) is 13.8 Å². The molecule has 2 heterocycles. The monoisotopic (exact) mass is 319 g/mol. The minimum absolute atomic E-state index is 0.0307. The molecule has 1 aromatic rings. The van der Waals surface area contributed by atoms with E-state index in [1.54, 1.807) is 6.92 Å². The summed E-state index contributed by atoms with van der Waals surface area (Å²) in [4.78, 5) is 32.3. The topological polar surface area (TPSA) is 101 Å². The summed E-state index contributed by atoms with van der Waals surface area (Å²) in [5.74, 6) is -0.908. The first kappa shape index (κ1) is 16.9. The second kappa shape index (κ2) is 5.98. The molecule has 0 radical (unpaired) electrons. The lowest BCUT2D eigenvalue weighted by Crippen LogP contribution is -2.41. The average Bonchev–Trinajstić information content (AvgIpc) is 2.75. The summed E-state index contributed by atoms with van der Waals surface area (Å²) in [5, 5.41) is 12.1. The highest BCUT2D eigenvalue weighted by atomic mass is 16.5. The highest BCUT2D eigenvalue weighted by Crippen LogP contribution is 2.28. The van der Waals surface area contributed by atoms with Crippen molar-refractivity contribution in [1.82, 2.24) is 10.3 Å². The van der Waals surface area contributed by atoms with Gasteiger partial charge in [-0.3, -0.25) is 4.79 Å². The summed E-state index contributed by atoms with van der Waals surface area (Å²) in [5.41, 5.74) is -0.860. The van der Waals surface area contributed by atoms with E-state index in [0.29, 0.717) is 5.75 Å². The fourth-order valence-corrected chi connectivity index (χ4v) is 2.18. The largest absolute Gasteiger partial charge is 0.489 e. The van der Waals surface area contributed by atoms with E-state index in [2.05, 4.69) is 15.3 Å². The summed E-state index contributed by atoms with van der Waals surface area (Å²) in [6.07, 6.45) is 1.33. The Labute approximate surface area is 134 Å². The lowest BCUT2D eigenvalue weighted by Gasteiger charge is -2.21. The second-order valence-electron chi connectivity index (χ2n) is 6.26. The number of pyridine rings is 1. The highest BCUT2D eigenvalue weighted by Gasteiger charge is 2.43. The van der Waals surface area contributed by atoms with Crippen LogP contribution in [-0.4, -0.2) is 39.4 Å². The summed E-state index contributed by atoms with van der Waals surface area (Å²) in [7, 11) is 0. The van der Waals surface area contributed by atoms with Crippen LogP contribution in [0.15, 0.2) is 17.3 Å². The number of carbonyl (C=O) groups excluding carboxylic acids is 1. The average molecular weight is 319 g/mol. The molecule has 0 fully saturated rings. The van der Waals surface area contributed by atoms with Crippen LogP contribution in [0.2, 0.25) is 0 Å². The molecule has 0 spiro atoms. The maximum Gasteiger partial charge on any atom is 0.338 e. The number of carboxylic acids is 1. The molecule has 1 aromatic heterocycles. The van der Waals surface area contributed by atoms with Crippen molar-refractivity contribution >= 4 is 17.7 Å². The van der Waals surface area contributed by atoms with Gasteiger partial charge in [0, 0.05) is 0 Å². The molecule has 7 nitrogen and oxygen atoms in total. The zero-order chi connectivity index (χ0) is 17.4. The first-order chi connectivity index (χ1) is 10.6. The number of amides is 1. The molecule has 1 aliphatic rings. The van der Waals surface area contributed by atoms with Crippen molar-refractivity contribution in [2.45, 2.75) is 46.3 Å². The number of aromatic nitrogens is 1. The van der Waals surface area contributed by atoms with Crippen molar-refractivity contribution in [3.05, 3.63) is 23.5 Å². The zero-order valence-corrected chi connectivity index (χ0v) is 13.9. The maximum absolute atomic E-state index is 12.2. The summed E-state index contributed by atoms with van der Waals surface area (Å²) < 4.78 is 5.47. The SMILES string of the molecule is CC(C)Oc1cnc(C2=NC(C)(C(C)C)C(=O)N2)c(C(=O)O)c1. The Hall–Kier alpha value is -2.44. The molecular formula is C16H21N3O4. The first-order valence-electron chi connectivity index (χ1n) is 7.46. The van der Waals surface area contributed by atoms with Crippen LogP contribution in [0.1, 0.15) is 50.7 Å². The highest BCUT2D eigenvalue weighted by molar-refractivity contribution is 6.17. The lowest BCUT2D eigenvalue weighted by molar-refractivity contribution is -0.124. The number of rotatable bonds is 5. The molecule has 1 amide bonds. The van der Waals surface area contributed by atoms with Gasteiger partial charge in [-0.25, -0.2) is 14.8 Å². The van der Waals surface area contributed by atoms with Crippen LogP contribution in [-0.2, 0) is 4.79 Å². The minimum atomic E-state index is -1.16. The van der Waals surface area contributed by atoms with E-state index in [1.807, 2.05) is 27.7 Å². The predicted octanol–water partition coefficient (Wildman–Crippen LogP) is 1.86. The van der Waals surface area contributed by atoms with Gasteiger partial charge in [0.15, 0.2) is 5.84 Å². The molecule has 0 saturated heterocycles. The number of carbonyl (C=O) groups is 2. The number of ether oxygens (including phenoxy) is 1. The van der Waals surface area contributed by atoms with Crippen LogP contribution in [0.5, 0.6) is 5.75 Å². The molecule has 23 heavy (non-hydrogen) atoms. The van der Waals surface area contributed by atoms with E-state index in [-0.39, 0.29) is 35.0 Å². The number of aromatic carboxylic acids is 1. The zero-order valence-electron chi connectivity index (χ0n) is 13.9. The third-order valence-corrected chi connectivity index (χ3v) is 3.85. The Morgan fingerprint density at radius 1 is 1.35 bits per heavy atom. The van der Waals surface area contributed by atoms with Crippen LogP contribution in [0, 0.1) is 5.92 Å². The normalized spacial score (nSPS) is 20.7. The van der Waals surface area contributed by atoms with E-state index in [9.17, 15) is 14.7 Å². The van der Waals surface area contributed by atoms with E-state index in [1.165, 1.54) is 12.3 Å². The number of aliphatic imine (C=N–C) groups is 1. The quantitative estimate of drug-likeness (QED) is 0.862. The van der Waals surface area contributed by atoms with Crippen molar-refractivity contribution in [2.75, 3.05) is 0 Å². The van der Waals surface area contributed by atoms with E-state index >= 15 is 0 Å². The summed E-state index contributed by atoms with van der Waals surface area (Å²) in [6, 6.07) is 1.39. The molecule has 7 heteroatoms. The van der Waals surface area contributed by atoms with Crippen LogP contribution in [0.4, 0.5) is 0 Å². The molecule has 0 aromatic carbocycles.